The van der Waals surface area contributed by atoms with Crippen molar-refractivity contribution < 1.29 is 9.18 Å². The van der Waals surface area contributed by atoms with Gasteiger partial charge in [0.05, 0.1) is 5.56 Å². The Morgan fingerprint density at radius 2 is 1.94 bits per heavy atom. The van der Waals surface area contributed by atoms with Crippen molar-refractivity contribution in [1.29, 1.82) is 0 Å². The lowest BCUT2D eigenvalue weighted by Gasteiger charge is -2.14. The molecule has 1 aliphatic rings. The molecule has 3 nitrogen and oxygen atoms in total. The second kappa shape index (κ2) is 5.91. The van der Waals surface area contributed by atoms with Crippen LogP contribution >= 0.6 is 12.2 Å². The number of carbonyl (C=O) groups excluding carboxylic acids is 1. The van der Waals surface area contributed by atoms with E-state index in [4.69, 9.17) is 12.2 Å². The lowest BCUT2D eigenvalue weighted by molar-refractivity contribution is 0.0972. The first-order valence-corrected chi connectivity index (χ1v) is 6.44. The standard InChI is InChI=1S/C13H15FN2OS/c14-11-8-4-3-7-10(11)12(17)16-13(18)15-9-5-1-2-6-9/h3-4,7-9H,1-2,5-6H2,(H2,15,16,17,18). The van der Waals surface area contributed by atoms with Crippen LogP contribution in [-0.4, -0.2) is 17.1 Å². The molecule has 1 amide bonds. The first-order chi connectivity index (χ1) is 8.66. The molecule has 0 atom stereocenters. The van der Waals surface area contributed by atoms with Crippen molar-refractivity contribution in [2.45, 2.75) is 31.7 Å². The molecule has 0 radical (unpaired) electrons. The van der Waals surface area contributed by atoms with Crippen LogP contribution in [0.25, 0.3) is 0 Å². The first kappa shape index (κ1) is 13.0. The summed E-state index contributed by atoms with van der Waals surface area (Å²) in [6.07, 6.45) is 4.49. The highest BCUT2D eigenvalue weighted by Crippen LogP contribution is 2.17. The van der Waals surface area contributed by atoms with Gasteiger partial charge in [-0.3, -0.25) is 10.1 Å². The molecule has 0 bridgehead atoms. The summed E-state index contributed by atoms with van der Waals surface area (Å²) in [5.41, 5.74) is 0.00747. The fraction of sp³-hybridized carbons (Fsp3) is 0.385. The maximum absolute atomic E-state index is 13.4. The van der Waals surface area contributed by atoms with Crippen molar-refractivity contribution in [3.8, 4) is 0 Å². The van der Waals surface area contributed by atoms with Gasteiger partial charge in [0.1, 0.15) is 5.82 Å². The van der Waals surface area contributed by atoms with Gasteiger partial charge in [0.15, 0.2) is 5.11 Å². The Balaban J connectivity index is 1.91. The average Bonchev–Trinajstić information content (AvgIpc) is 2.82. The van der Waals surface area contributed by atoms with Gasteiger partial charge in [0.2, 0.25) is 0 Å². The molecule has 1 saturated carbocycles. The monoisotopic (exact) mass is 266 g/mol. The lowest BCUT2D eigenvalue weighted by Crippen LogP contribution is -2.43. The number of hydrogen-bond acceptors (Lipinski definition) is 2. The summed E-state index contributed by atoms with van der Waals surface area (Å²) in [5.74, 6) is -1.05. The Bertz CT molecular complexity index is 458. The summed E-state index contributed by atoms with van der Waals surface area (Å²) in [4.78, 5) is 11.8. The smallest absolute Gasteiger partial charge is 0.260 e. The van der Waals surface area contributed by atoms with Gasteiger partial charge in [0, 0.05) is 6.04 Å². The molecule has 1 fully saturated rings. The summed E-state index contributed by atoms with van der Waals surface area (Å²) in [6, 6.07) is 6.18. The van der Waals surface area contributed by atoms with Gasteiger partial charge in [-0.05, 0) is 37.2 Å². The third kappa shape index (κ3) is 3.26. The second-order valence-corrected chi connectivity index (χ2v) is 4.80. The van der Waals surface area contributed by atoms with Crippen molar-refractivity contribution >= 4 is 23.2 Å². The number of carbonyl (C=O) groups is 1. The summed E-state index contributed by atoms with van der Waals surface area (Å²) < 4.78 is 13.4. The van der Waals surface area contributed by atoms with Crippen molar-refractivity contribution in [1.82, 2.24) is 10.6 Å². The van der Waals surface area contributed by atoms with E-state index in [2.05, 4.69) is 10.6 Å². The van der Waals surface area contributed by atoms with E-state index >= 15 is 0 Å². The summed E-state index contributed by atoms with van der Waals surface area (Å²) >= 11 is 5.04. The Labute approximate surface area is 111 Å². The molecule has 18 heavy (non-hydrogen) atoms. The molecule has 1 aliphatic carbocycles. The number of hydrogen-bond donors (Lipinski definition) is 2. The Morgan fingerprint density at radius 3 is 2.61 bits per heavy atom. The van der Waals surface area contributed by atoms with E-state index in [9.17, 15) is 9.18 Å². The minimum atomic E-state index is -0.543. The summed E-state index contributed by atoms with van der Waals surface area (Å²) in [7, 11) is 0. The molecule has 0 heterocycles. The minimum absolute atomic E-state index is 0.00747. The number of halogens is 1. The zero-order valence-corrected chi connectivity index (χ0v) is 10.7. The van der Waals surface area contributed by atoms with E-state index in [1.807, 2.05) is 0 Å². The van der Waals surface area contributed by atoms with Gasteiger partial charge >= 0.3 is 0 Å². The van der Waals surface area contributed by atoms with E-state index < -0.39 is 11.7 Å². The molecule has 0 unspecified atom stereocenters. The SMILES string of the molecule is O=C(NC(=S)NC1CCCC1)c1ccccc1F. The van der Waals surface area contributed by atoms with Gasteiger partial charge in [-0.2, -0.15) is 0 Å². The van der Waals surface area contributed by atoms with Gasteiger partial charge in [0.25, 0.3) is 5.91 Å². The number of benzene rings is 1. The molecule has 1 aromatic carbocycles. The van der Waals surface area contributed by atoms with E-state index in [1.54, 1.807) is 12.1 Å². The van der Waals surface area contributed by atoms with Crippen molar-refractivity contribution in [3.05, 3.63) is 35.6 Å². The third-order valence-corrected chi connectivity index (χ3v) is 3.26. The fourth-order valence-electron chi connectivity index (χ4n) is 2.11. The van der Waals surface area contributed by atoms with Crippen LogP contribution < -0.4 is 10.6 Å². The lowest BCUT2D eigenvalue weighted by atomic mass is 10.2. The molecule has 0 saturated heterocycles. The Hall–Kier alpha value is -1.49. The highest BCUT2D eigenvalue weighted by Gasteiger charge is 2.17. The quantitative estimate of drug-likeness (QED) is 0.807. The maximum atomic E-state index is 13.4. The van der Waals surface area contributed by atoms with Crippen LogP contribution in [0.4, 0.5) is 4.39 Å². The van der Waals surface area contributed by atoms with Crippen LogP contribution in [0.3, 0.4) is 0 Å². The predicted molar refractivity (Wildman–Crippen MR) is 71.9 cm³/mol. The summed E-state index contributed by atoms with van der Waals surface area (Å²) in [6.45, 7) is 0. The Kier molecular flexibility index (Phi) is 4.25. The van der Waals surface area contributed by atoms with Crippen molar-refractivity contribution in [2.75, 3.05) is 0 Å². The van der Waals surface area contributed by atoms with Gasteiger partial charge < -0.3 is 5.32 Å². The number of rotatable bonds is 2. The van der Waals surface area contributed by atoms with Gasteiger partial charge in [-0.15, -0.1) is 0 Å². The normalized spacial score (nSPS) is 15.4. The van der Waals surface area contributed by atoms with Crippen LogP contribution in [-0.2, 0) is 0 Å². The molecule has 2 rings (SSSR count). The first-order valence-electron chi connectivity index (χ1n) is 6.03. The highest BCUT2D eigenvalue weighted by atomic mass is 32.1. The van der Waals surface area contributed by atoms with Crippen LogP contribution in [0.2, 0.25) is 0 Å². The van der Waals surface area contributed by atoms with E-state index in [0.717, 1.165) is 12.8 Å². The number of thiocarbonyl (C=S) groups is 1. The molecular formula is C13H15FN2OS. The molecule has 96 valence electrons. The van der Waals surface area contributed by atoms with E-state index in [0.29, 0.717) is 6.04 Å². The van der Waals surface area contributed by atoms with Crippen LogP contribution in [0, 0.1) is 5.82 Å². The van der Waals surface area contributed by atoms with Crippen LogP contribution in [0.1, 0.15) is 36.0 Å². The topological polar surface area (TPSA) is 41.1 Å². The zero-order valence-electron chi connectivity index (χ0n) is 9.91. The molecule has 1 aromatic rings. The molecule has 2 N–H and O–H groups in total. The number of amides is 1. The van der Waals surface area contributed by atoms with Crippen molar-refractivity contribution in [3.63, 3.8) is 0 Å². The predicted octanol–water partition coefficient (Wildman–Crippen LogP) is 2.37. The van der Waals surface area contributed by atoms with Gasteiger partial charge in [-0.1, -0.05) is 25.0 Å². The summed E-state index contributed by atoms with van der Waals surface area (Å²) in [5, 5.41) is 5.85. The molecular weight excluding hydrogens is 251 g/mol. The molecule has 0 aliphatic heterocycles. The van der Waals surface area contributed by atoms with E-state index in [-0.39, 0.29) is 10.7 Å². The van der Waals surface area contributed by atoms with Crippen molar-refractivity contribution in [2.24, 2.45) is 0 Å². The van der Waals surface area contributed by atoms with E-state index in [1.165, 1.54) is 25.0 Å². The molecule has 5 heteroatoms. The fourth-order valence-corrected chi connectivity index (χ4v) is 2.37. The zero-order chi connectivity index (χ0) is 13.0. The average molecular weight is 266 g/mol. The Morgan fingerprint density at radius 1 is 1.28 bits per heavy atom. The van der Waals surface area contributed by atoms with Crippen LogP contribution in [0.15, 0.2) is 24.3 Å². The second-order valence-electron chi connectivity index (χ2n) is 4.39. The largest absolute Gasteiger partial charge is 0.360 e. The molecule has 0 spiro atoms. The highest BCUT2D eigenvalue weighted by molar-refractivity contribution is 7.80. The maximum Gasteiger partial charge on any atom is 0.260 e. The minimum Gasteiger partial charge on any atom is -0.360 e. The van der Waals surface area contributed by atoms with Crippen LogP contribution in [0.5, 0.6) is 0 Å². The third-order valence-electron chi connectivity index (χ3n) is 3.04. The number of nitrogens with one attached hydrogen (secondary N) is 2. The molecule has 0 aromatic heterocycles. The van der Waals surface area contributed by atoms with Gasteiger partial charge in [-0.25, -0.2) is 4.39 Å².